The predicted molar refractivity (Wildman–Crippen MR) is 96.4 cm³/mol. The van der Waals surface area contributed by atoms with Gasteiger partial charge in [-0.2, -0.15) is 5.26 Å². The standard InChI is InChI=1S/C19H24N4O3/c1-14(18(24)21-16-6-3-2-5-15(16)13-20)22-8-10-23(11-9-22)19(25)17-7-4-12-26-17/h2-3,5-6,14,17H,4,7-12H2,1H3,(H,21,24). The van der Waals surface area contributed by atoms with E-state index in [0.29, 0.717) is 44.0 Å². The number of piperazine rings is 1. The molecule has 0 saturated carbocycles. The van der Waals surface area contributed by atoms with Crippen LogP contribution in [0.2, 0.25) is 0 Å². The highest BCUT2D eigenvalue weighted by Gasteiger charge is 2.32. The van der Waals surface area contributed by atoms with Crippen molar-refractivity contribution in [3.63, 3.8) is 0 Å². The first-order chi connectivity index (χ1) is 12.6. The van der Waals surface area contributed by atoms with Crippen molar-refractivity contribution in [2.45, 2.75) is 31.9 Å². The highest BCUT2D eigenvalue weighted by Crippen LogP contribution is 2.18. The summed E-state index contributed by atoms with van der Waals surface area (Å²) in [7, 11) is 0. The fourth-order valence-corrected chi connectivity index (χ4v) is 3.40. The van der Waals surface area contributed by atoms with Crippen molar-refractivity contribution in [3.8, 4) is 6.07 Å². The van der Waals surface area contributed by atoms with E-state index in [1.165, 1.54) is 0 Å². The zero-order chi connectivity index (χ0) is 18.5. The van der Waals surface area contributed by atoms with Crippen LogP contribution in [0.3, 0.4) is 0 Å². The number of nitrogens with one attached hydrogen (secondary N) is 1. The molecule has 2 atom stereocenters. The van der Waals surface area contributed by atoms with Crippen molar-refractivity contribution >= 4 is 17.5 Å². The van der Waals surface area contributed by atoms with Gasteiger partial charge in [-0.1, -0.05) is 12.1 Å². The van der Waals surface area contributed by atoms with E-state index in [-0.39, 0.29) is 24.0 Å². The van der Waals surface area contributed by atoms with Gasteiger partial charge in [-0.05, 0) is 31.9 Å². The lowest BCUT2D eigenvalue weighted by Crippen LogP contribution is -2.55. The Labute approximate surface area is 153 Å². The summed E-state index contributed by atoms with van der Waals surface area (Å²) in [5.74, 6) is -0.0752. The molecule has 2 saturated heterocycles. The second-order valence-corrected chi connectivity index (χ2v) is 6.69. The number of para-hydroxylation sites is 1. The van der Waals surface area contributed by atoms with Crippen LogP contribution in [0.1, 0.15) is 25.3 Å². The van der Waals surface area contributed by atoms with Crippen molar-refractivity contribution in [2.24, 2.45) is 0 Å². The molecule has 0 radical (unpaired) electrons. The first-order valence-electron chi connectivity index (χ1n) is 9.04. The average molecular weight is 356 g/mol. The Morgan fingerprint density at radius 1 is 1.27 bits per heavy atom. The minimum absolute atomic E-state index is 0.0715. The van der Waals surface area contributed by atoms with Gasteiger partial charge in [0, 0.05) is 32.8 Å². The molecule has 2 heterocycles. The summed E-state index contributed by atoms with van der Waals surface area (Å²) >= 11 is 0. The molecule has 0 aliphatic carbocycles. The van der Waals surface area contributed by atoms with Gasteiger partial charge < -0.3 is 15.0 Å². The third-order valence-corrected chi connectivity index (χ3v) is 5.06. The van der Waals surface area contributed by atoms with E-state index in [9.17, 15) is 9.59 Å². The Hall–Kier alpha value is -2.43. The minimum Gasteiger partial charge on any atom is -0.368 e. The number of hydrogen-bond donors (Lipinski definition) is 1. The van der Waals surface area contributed by atoms with Crippen LogP contribution >= 0.6 is 0 Å². The number of benzene rings is 1. The molecule has 3 rings (SSSR count). The third kappa shape index (κ3) is 4.03. The van der Waals surface area contributed by atoms with Crippen molar-refractivity contribution < 1.29 is 14.3 Å². The van der Waals surface area contributed by atoms with Gasteiger partial charge in [0.15, 0.2) is 0 Å². The van der Waals surface area contributed by atoms with E-state index >= 15 is 0 Å². The Morgan fingerprint density at radius 2 is 2.00 bits per heavy atom. The highest BCUT2D eigenvalue weighted by atomic mass is 16.5. The first-order valence-corrected chi connectivity index (χ1v) is 9.04. The van der Waals surface area contributed by atoms with Gasteiger partial charge in [-0.15, -0.1) is 0 Å². The fraction of sp³-hybridized carbons (Fsp3) is 0.526. The molecular formula is C19H24N4O3. The molecule has 7 heteroatoms. The monoisotopic (exact) mass is 356 g/mol. The van der Waals surface area contributed by atoms with Crippen molar-refractivity contribution in [1.82, 2.24) is 9.80 Å². The number of amides is 2. The van der Waals surface area contributed by atoms with Crippen molar-refractivity contribution in [2.75, 3.05) is 38.1 Å². The molecule has 2 aliphatic heterocycles. The Kier molecular flexibility index (Phi) is 5.86. The van der Waals surface area contributed by atoms with Crippen molar-refractivity contribution in [1.29, 1.82) is 5.26 Å². The van der Waals surface area contributed by atoms with Crippen LogP contribution < -0.4 is 5.32 Å². The number of carbonyl (C=O) groups excluding carboxylic acids is 2. The van der Waals surface area contributed by atoms with E-state index in [1.807, 2.05) is 11.8 Å². The summed E-state index contributed by atoms with van der Waals surface area (Å²) in [6.07, 6.45) is 1.46. The lowest BCUT2D eigenvalue weighted by atomic mass is 10.1. The fourth-order valence-electron chi connectivity index (χ4n) is 3.40. The maximum Gasteiger partial charge on any atom is 0.251 e. The first kappa shape index (κ1) is 18.4. The summed E-state index contributed by atoms with van der Waals surface area (Å²) < 4.78 is 5.47. The summed E-state index contributed by atoms with van der Waals surface area (Å²) in [5.41, 5.74) is 0.971. The Bertz CT molecular complexity index is 701. The molecule has 7 nitrogen and oxygen atoms in total. The second-order valence-electron chi connectivity index (χ2n) is 6.69. The van der Waals surface area contributed by atoms with Crippen LogP contribution in [0.4, 0.5) is 5.69 Å². The topological polar surface area (TPSA) is 85.7 Å². The number of carbonyl (C=O) groups is 2. The quantitative estimate of drug-likeness (QED) is 0.876. The molecule has 0 spiro atoms. The average Bonchev–Trinajstić information content (AvgIpc) is 3.22. The number of nitrogens with zero attached hydrogens (tertiary/aromatic N) is 3. The molecule has 1 N–H and O–H groups in total. The van der Waals surface area contributed by atoms with E-state index in [2.05, 4.69) is 16.3 Å². The molecule has 138 valence electrons. The third-order valence-electron chi connectivity index (χ3n) is 5.06. The molecule has 2 aliphatic rings. The number of anilines is 1. The Balaban J connectivity index is 1.53. The molecule has 1 aromatic rings. The van der Waals surface area contributed by atoms with Crippen LogP contribution in [0.5, 0.6) is 0 Å². The van der Waals surface area contributed by atoms with Gasteiger partial charge in [0.05, 0.1) is 17.3 Å². The molecule has 0 bridgehead atoms. The maximum absolute atomic E-state index is 12.5. The van der Waals surface area contributed by atoms with Gasteiger partial charge in [0.1, 0.15) is 12.2 Å². The zero-order valence-corrected chi connectivity index (χ0v) is 15.0. The number of hydrogen-bond acceptors (Lipinski definition) is 5. The van der Waals surface area contributed by atoms with Crippen LogP contribution in [0.25, 0.3) is 0 Å². The molecule has 2 fully saturated rings. The normalized spacial score (nSPS) is 21.8. The van der Waals surface area contributed by atoms with E-state index < -0.39 is 0 Å². The number of ether oxygens (including phenoxy) is 1. The van der Waals surface area contributed by atoms with E-state index in [0.717, 1.165) is 12.8 Å². The number of rotatable bonds is 4. The highest BCUT2D eigenvalue weighted by molar-refractivity contribution is 5.95. The molecule has 26 heavy (non-hydrogen) atoms. The molecule has 0 aromatic heterocycles. The molecular weight excluding hydrogens is 332 g/mol. The second kappa shape index (κ2) is 8.30. The molecule has 2 unspecified atom stereocenters. The van der Waals surface area contributed by atoms with Gasteiger partial charge in [-0.3, -0.25) is 14.5 Å². The van der Waals surface area contributed by atoms with Crippen LogP contribution in [-0.2, 0) is 14.3 Å². The molecule has 1 aromatic carbocycles. The molecule has 2 amide bonds. The summed E-state index contributed by atoms with van der Waals surface area (Å²) in [6, 6.07) is 8.70. The summed E-state index contributed by atoms with van der Waals surface area (Å²) in [4.78, 5) is 28.8. The minimum atomic E-state index is -0.332. The number of nitriles is 1. The lowest BCUT2D eigenvalue weighted by molar-refractivity contribution is -0.143. The van der Waals surface area contributed by atoms with Crippen LogP contribution in [-0.4, -0.2) is 66.5 Å². The Morgan fingerprint density at radius 3 is 2.65 bits per heavy atom. The van der Waals surface area contributed by atoms with Crippen LogP contribution in [0.15, 0.2) is 24.3 Å². The smallest absolute Gasteiger partial charge is 0.251 e. The van der Waals surface area contributed by atoms with E-state index in [4.69, 9.17) is 10.00 Å². The van der Waals surface area contributed by atoms with Gasteiger partial charge in [0.2, 0.25) is 5.91 Å². The predicted octanol–water partition coefficient (Wildman–Crippen LogP) is 1.21. The van der Waals surface area contributed by atoms with Crippen molar-refractivity contribution in [3.05, 3.63) is 29.8 Å². The lowest BCUT2D eigenvalue weighted by Gasteiger charge is -2.38. The largest absolute Gasteiger partial charge is 0.368 e. The van der Waals surface area contributed by atoms with Gasteiger partial charge in [0.25, 0.3) is 5.91 Å². The van der Waals surface area contributed by atoms with E-state index in [1.54, 1.807) is 24.3 Å². The zero-order valence-electron chi connectivity index (χ0n) is 15.0. The van der Waals surface area contributed by atoms with Gasteiger partial charge in [-0.25, -0.2) is 0 Å². The summed E-state index contributed by atoms with van der Waals surface area (Å²) in [5, 5.41) is 12.0. The SMILES string of the molecule is CC(C(=O)Nc1ccccc1C#N)N1CCN(C(=O)C2CCCO2)CC1. The van der Waals surface area contributed by atoms with Crippen LogP contribution in [0, 0.1) is 11.3 Å². The van der Waals surface area contributed by atoms with Gasteiger partial charge >= 0.3 is 0 Å². The maximum atomic E-state index is 12.5. The summed E-state index contributed by atoms with van der Waals surface area (Å²) in [6.45, 7) is 5.01.